The Morgan fingerprint density at radius 1 is 1.14 bits per heavy atom. The normalized spacial score (nSPS) is 11.5. The maximum absolute atomic E-state index is 12.8. The first-order chi connectivity index (χ1) is 9.81. The van der Waals surface area contributed by atoms with Crippen LogP contribution in [0.5, 0.6) is 11.5 Å². The van der Waals surface area contributed by atoms with E-state index in [1.54, 1.807) is 6.07 Å². The minimum absolute atomic E-state index is 0.0478. The summed E-state index contributed by atoms with van der Waals surface area (Å²) in [5.74, 6) is 0.275. The number of aryl methyl sites for hydroxylation is 1. The van der Waals surface area contributed by atoms with Crippen molar-refractivity contribution in [2.45, 2.75) is 19.7 Å². The quantitative estimate of drug-likeness (QED) is 0.868. The number of halogens is 4. The molecule has 0 aliphatic carbocycles. The van der Waals surface area contributed by atoms with Gasteiger partial charge in [-0.1, -0.05) is 23.7 Å². The van der Waals surface area contributed by atoms with Crippen LogP contribution in [0.2, 0.25) is 5.02 Å². The minimum atomic E-state index is -4.44. The van der Waals surface area contributed by atoms with Crippen LogP contribution in [0.4, 0.5) is 13.2 Å². The van der Waals surface area contributed by atoms with Crippen LogP contribution in [0.1, 0.15) is 16.7 Å². The summed E-state index contributed by atoms with van der Waals surface area (Å²) in [6, 6.07) is 8.30. The van der Waals surface area contributed by atoms with Crippen molar-refractivity contribution in [1.29, 1.82) is 0 Å². The molecule has 0 spiro atoms. The second-order valence-corrected chi connectivity index (χ2v) is 4.91. The fourth-order valence-corrected chi connectivity index (χ4v) is 2.06. The van der Waals surface area contributed by atoms with Crippen LogP contribution >= 0.6 is 11.6 Å². The molecule has 0 atom stereocenters. The molecule has 0 amide bonds. The monoisotopic (exact) mass is 316 g/mol. The molecule has 2 aromatic rings. The summed E-state index contributed by atoms with van der Waals surface area (Å²) < 4.78 is 43.9. The summed E-state index contributed by atoms with van der Waals surface area (Å²) in [5, 5.41) is 9.19. The van der Waals surface area contributed by atoms with Crippen molar-refractivity contribution < 1.29 is 23.0 Å². The van der Waals surface area contributed by atoms with E-state index >= 15 is 0 Å². The van der Waals surface area contributed by atoms with Gasteiger partial charge in [-0.15, -0.1) is 0 Å². The van der Waals surface area contributed by atoms with Gasteiger partial charge in [-0.2, -0.15) is 13.2 Å². The van der Waals surface area contributed by atoms with E-state index in [1.165, 1.54) is 31.2 Å². The molecule has 0 saturated carbocycles. The van der Waals surface area contributed by atoms with Crippen LogP contribution < -0.4 is 4.74 Å². The van der Waals surface area contributed by atoms with E-state index in [0.717, 1.165) is 6.07 Å². The third-order valence-electron chi connectivity index (χ3n) is 2.92. The first kappa shape index (κ1) is 15.7. The third-order valence-corrected chi connectivity index (χ3v) is 3.22. The Hall–Kier alpha value is -1.72. The predicted molar refractivity (Wildman–Crippen MR) is 73.6 cm³/mol. The average Bonchev–Trinajstić information content (AvgIpc) is 2.41. The first-order valence-corrected chi connectivity index (χ1v) is 6.44. The summed E-state index contributed by atoms with van der Waals surface area (Å²) in [6.45, 7) is 1.21. The molecular formula is C15H12ClF3O2. The molecule has 0 fully saturated rings. The van der Waals surface area contributed by atoms with Crippen LogP contribution in [0, 0.1) is 6.92 Å². The molecule has 0 aliphatic rings. The highest BCUT2D eigenvalue weighted by atomic mass is 35.5. The molecule has 0 saturated heterocycles. The van der Waals surface area contributed by atoms with Gasteiger partial charge in [-0.25, -0.2) is 0 Å². The highest BCUT2D eigenvalue weighted by Crippen LogP contribution is 2.36. The molecule has 2 rings (SSSR count). The zero-order chi connectivity index (χ0) is 15.6. The Morgan fingerprint density at radius 3 is 2.43 bits per heavy atom. The molecule has 112 valence electrons. The Morgan fingerprint density at radius 2 is 1.86 bits per heavy atom. The number of benzene rings is 2. The number of alkyl halides is 3. The zero-order valence-electron chi connectivity index (χ0n) is 11.0. The lowest BCUT2D eigenvalue weighted by molar-refractivity contribution is -0.138. The van der Waals surface area contributed by atoms with Gasteiger partial charge in [0.15, 0.2) is 0 Å². The number of aliphatic hydroxyl groups excluding tert-OH is 1. The maximum Gasteiger partial charge on any atom is 0.416 e. The van der Waals surface area contributed by atoms with Crippen LogP contribution in [0.15, 0.2) is 36.4 Å². The van der Waals surface area contributed by atoms with Crippen molar-refractivity contribution >= 4 is 11.6 Å². The van der Waals surface area contributed by atoms with Gasteiger partial charge in [0.2, 0.25) is 0 Å². The summed E-state index contributed by atoms with van der Waals surface area (Å²) in [5.41, 5.74) is -0.0353. The van der Waals surface area contributed by atoms with E-state index in [4.69, 9.17) is 21.4 Å². The highest BCUT2D eigenvalue weighted by molar-refractivity contribution is 6.32. The van der Waals surface area contributed by atoms with Gasteiger partial charge in [0.1, 0.15) is 11.5 Å². The van der Waals surface area contributed by atoms with Crippen molar-refractivity contribution in [2.24, 2.45) is 0 Å². The maximum atomic E-state index is 12.8. The lowest BCUT2D eigenvalue weighted by Gasteiger charge is -2.13. The Labute approximate surface area is 124 Å². The van der Waals surface area contributed by atoms with Gasteiger partial charge in [-0.05, 0) is 42.3 Å². The lowest BCUT2D eigenvalue weighted by atomic mass is 10.1. The van der Waals surface area contributed by atoms with E-state index in [0.29, 0.717) is 5.56 Å². The van der Waals surface area contributed by atoms with Crippen LogP contribution in [0.3, 0.4) is 0 Å². The summed E-state index contributed by atoms with van der Waals surface area (Å²) in [4.78, 5) is 0. The number of hydrogen-bond donors (Lipinski definition) is 1. The molecule has 0 radical (unpaired) electrons. The topological polar surface area (TPSA) is 29.5 Å². The SMILES string of the molecule is Cc1ccc(Oc2ccc(CO)cc2Cl)cc1C(F)(F)F. The molecule has 0 unspecified atom stereocenters. The van der Waals surface area contributed by atoms with E-state index in [9.17, 15) is 13.2 Å². The van der Waals surface area contributed by atoms with Gasteiger partial charge < -0.3 is 9.84 Å². The fourth-order valence-electron chi connectivity index (χ4n) is 1.82. The number of hydrogen-bond acceptors (Lipinski definition) is 2. The lowest BCUT2D eigenvalue weighted by Crippen LogP contribution is -2.07. The second kappa shape index (κ2) is 5.95. The van der Waals surface area contributed by atoms with E-state index in [1.807, 2.05) is 0 Å². The van der Waals surface area contributed by atoms with Gasteiger partial charge in [-0.3, -0.25) is 0 Å². The molecule has 2 aromatic carbocycles. The van der Waals surface area contributed by atoms with Crippen LogP contribution in [-0.2, 0) is 12.8 Å². The zero-order valence-corrected chi connectivity index (χ0v) is 11.8. The highest BCUT2D eigenvalue weighted by Gasteiger charge is 2.32. The Bertz CT molecular complexity index is 654. The summed E-state index contributed by atoms with van der Waals surface area (Å²) >= 11 is 5.96. The molecule has 2 nitrogen and oxygen atoms in total. The molecule has 0 aliphatic heterocycles. The Balaban J connectivity index is 2.32. The average molecular weight is 317 g/mol. The van der Waals surface area contributed by atoms with Crippen molar-refractivity contribution in [3.63, 3.8) is 0 Å². The van der Waals surface area contributed by atoms with Crippen molar-refractivity contribution in [3.05, 3.63) is 58.1 Å². The van der Waals surface area contributed by atoms with E-state index in [2.05, 4.69) is 0 Å². The molecule has 0 bridgehead atoms. The van der Waals surface area contributed by atoms with E-state index in [-0.39, 0.29) is 28.7 Å². The van der Waals surface area contributed by atoms with Crippen LogP contribution in [-0.4, -0.2) is 5.11 Å². The Kier molecular flexibility index (Phi) is 4.44. The summed E-state index contributed by atoms with van der Waals surface area (Å²) in [6.07, 6.45) is -4.44. The first-order valence-electron chi connectivity index (χ1n) is 6.06. The number of aliphatic hydroxyl groups is 1. The summed E-state index contributed by atoms with van der Waals surface area (Å²) in [7, 11) is 0. The van der Waals surface area contributed by atoms with E-state index < -0.39 is 11.7 Å². The third kappa shape index (κ3) is 3.68. The molecule has 0 aromatic heterocycles. The fraction of sp³-hybridized carbons (Fsp3) is 0.200. The number of ether oxygens (including phenoxy) is 1. The van der Waals surface area contributed by atoms with Gasteiger partial charge in [0.05, 0.1) is 17.2 Å². The van der Waals surface area contributed by atoms with Crippen LogP contribution in [0.25, 0.3) is 0 Å². The van der Waals surface area contributed by atoms with Gasteiger partial charge >= 0.3 is 6.18 Å². The largest absolute Gasteiger partial charge is 0.456 e. The molecule has 0 heterocycles. The minimum Gasteiger partial charge on any atom is -0.456 e. The van der Waals surface area contributed by atoms with Gasteiger partial charge in [0.25, 0.3) is 0 Å². The molecule has 21 heavy (non-hydrogen) atoms. The predicted octanol–water partition coefficient (Wildman–Crippen LogP) is 4.95. The van der Waals surface area contributed by atoms with Crippen molar-refractivity contribution in [2.75, 3.05) is 0 Å². The molecule has 6 heteroatoms. The molecule has 1 N–H and O–H groups in total. The van der Waals surface area contributed by atoms with Crippen molar-refractivity contribution in [3.8, 4) is 11.5 Å². The second-order valence-electron chi connectivity index (χ2n) is 4.50. The molecular weight excluding hydrogens is 305 g/mol. The standard InChI is InChI=1S/C15H12ClF3O2/c1-9-2-4-11(7-12(9)15(17,18)19)21-14-5-3-10(8-20)6-13(14)16/h2-7,20H,8H2,1H3. The number of rotatable bonds is 3. The van der Waals surface area contributed by atoms with Gasteiger partial charge in [0, 0.05) is 0 Å². The smallest absolute Gasteiger partial charge is 0.416 e. The van der Waals surface area contributed by atoms with Crippen molar-refractivity contribution in [1.82, 2.24) is 0 Å².